The number of carbonyl (C=O) groups excluding carboxylic acids is 2. The van der Waals surface area contributed by atoms with Crippen LogP contribution in [0.1, 0.15) is 77.3 Å². The summed E-state index contributed by atoms with van der Waals surface area (Å²) in [6.45, 7) is 3.09. The van der Waals surface area contributed by atoms with Gasteiger partial charge in [0.1, 0.15) is 11.7 Å². The van der Waals surface area contributed by atoms with Gasteiger partial charge in [0.15, 0.2) is 17.2 Å². The van der Waals surface area contributed by atoms with Crippen LogP contribution in [0.5, 0.6) is 0 Å². The van der Waals surface area contributed by atoms with E-state index in [1.165, 1.54) is 17.6 Å². The summed E-state index contributed by atoms with van der Waals surface area (Å²) in [5, 5.41) is 20.2. The van der Waals surface area contributed by atoms with Gasteiger partial charge in [-0.25, -0.2) is 22.9 Å². The SMILES string of the molecule is Cc1noc(C[C@]2(Cc3cnn4cc([C@@H](NC(=O)c5nonc5C)C5CCC(F)(F)CC5)nc4c3)C[C@@H](C(F)(F)F)NC2=O)n1. The van der Waals surface area contributed by atoms with Gasteiger partial charge in [0.25, 0.3) is 5.91 Å². The van der Waals surface area contributed by atoms with Crippen molar-refractivity contribution >= 4 is 17.5 Å². The summed E-state index contributed by atoms with van der Waals surface area (Å²) in [5.41, 5.74) is -0.353. The molecule has 0 unspecified atom stereocenters. The molecule has 1 saturated heterocycles. The summed E-state index contributed by atoms with van der Waals surface area (Å²) in [4.78, 5) is 34.9. The summed E-state index contributed by atoms with van der Waals surface area (Å²) >= 11 is 0. The fourth-order valence-electron chi connectivity index (χ4n) is 6.16. The molecule has 4 aromatic rings. The van der Waals surface area contributed by atoms with E-state index in [1.807, 2.05) is 0 Å². The minimum absolute atomic E-state index is 0.0248. The molecule has 13 nitrogen and oxygen atoms in total. The Labute approximate surface area is 251 Å². The number of halogens is 5. The highest BCUT2D eigenvalue weighted by atomic mass is 19.4. The number of hydrogen-bond donors (Lipinski definition) is 2. The highest BCUT2D eigenvalue weighted by Crippen LogP contribution is 2.43. The van der Waals surface area contributed by atoms with Crippen LogP contribution in [-0.2, 0) is 17.6 Å². The van der Waals surface area contributed by atoms with E-state index in [2.05, 4.69) is 45.8 Å². The first-order valence-corrected chi connectivity index (χ1v) is 14.2. The maximum Gasteiger partial charge on any atom is 0.408 e. The maximum absolute atomic E-state index is 14.0. The second-order valence-corrected chi connectivity index (χ2v) is 11.8. The normalized spacial score (nSPS) is 22.9. The van der Waals surface area contributed by atoms with E-state index >= 15 is 0 Å². The molecule has 240 valence electrons. The molecule has 0 radical (unpaired) electrons. The number of alkyl halides is 5. The fraction of sp³-hybridized carbons (Fsp3) is 0.556. The highest BCUT2D eigenvalue weighted by molar-refractivity contribution is 5.93. The fourth-order valence-corrected chi connectivity index (χ4v) is 6.16. The van der Waals surface area contributed by atoms with Gasteiger partial charge in [0.2, 0.25) is 17.7 Å². The molecule has 0 bridgehead atoms. The van der Waals surface area contributed by atoms with Gasteiger partial charge in [-0.2, -0.15) is 23.3 Å². The van der Waals surface area contributed by atoms with Gasteiger partial charge in [-0.3, -0.25) is 9.59 Å². The van der Waals surface area contributed by atoms with Crippen LogP contribution in [0.25, 0.3) is 5.65 Å². The number of nitrogens with one attached hydrogen (secondary N) is 2. The third-order valence-corrected chi connectivity index (χ3v) is 8.48. The predicted octanol–water partition coefficient (Wildman–Crippen LogP) is 3.63. The largest absolute Gasteiger partial charge is 0.408 e. The number of amides is 2. The van der Waals surface area contributed by atoms with Gasteiger partial charge in [-0.1, -0.05) is 10.3 Å². The van der Waals surface area contributed by atoms with Gasteiger partial charge >= 0.3 is 6.18 Å². The lowest BCUT2D eigenvalue weighted by molar-refractivity contribution is -0.155. The smallest absolute Gasteiger partial charge is 0.344 e. The van der Waals surface area contributed by atoms with E-state index in [4.69, 9.17) is 4.52 Å². The first kappa shape index (κ1) is 30.5. The summed E-state index contributed by atoms with van der Waals surface area (Å²) in [7, 11) is 0. The molecule has 1 aliphatic heterocycles. The van der Waals surface area contributed by atoms with Gasteiger partial charge in [0.05, 0.1) is 29.5 Å². The summed E-state index contributed by atoms with van der Waals surface area (Å²) in [6, 6.07) is -1.28. The molecule has 2 fully saturated rings. The van der Waals surface area contributed by atoms with Crippen LogP contribution in [-0.4, -0.2) is 65.0 Å². The van der Waals surface area contributed by atoms with Gasteiger partial charge in [-0.15, -0.1) is 0 Å². The van der Waals surface area contributed by atoms with Gasteiger partial charge in [-0.05, 0) is 62.2 Å². The minimum atomic E-state index is -4.66. The molecular formula is C27H28F5N9O4. The third-order valence-electron chi connectivity index (χ3n) is 8.48. The molecule has 3 atom stereocenters. The van der Waals surface area contributed by atoms with Crippen molar-refractivity contribution in [3.8, 4) is 0 Å². The van der Waals surface area contributed by atoms with E-state index in [0.29, 0.717) is 11.3 Å². The van der Waals surface area contributed by atoms with Crippen LogP contribution in [0.3, 0.4) is 0 Å². The summed E-state index contributed by atoms with van der Waals surface area (Å²) < 4.78 is 80.2. The van der Waals surface area contributed by atoms with Crippen molar-refractivity contribution in [3.05, 3.63) is 52.8 Å². The lowest BCUT2D eigenvalue weighted by atomic mass is 9.76. The van der Waals surface area contributed by atoms with Crippen LogP contribution in [0.2, 0.25) is 0 Å². The zero-order valence-electron chi connectivity index (χ0n) is 24.1. The zero-order chi connectivity index (χ0) is 32.1. The van der Waals surface area contributed by atoms with E-state index < -0.39 is 47.8 Å². The Bertz CT molecular complexity index is 1720. The van der Waals surface area contributed by atoms with Crippen molar-refractivity contribution in [2.24, 2.45) is 11.3 Å². The summed E-state index contributed by atoms with van der Waals surface area (Å²) in [5.74, 6) is -4.32. The van der Waals surface area contributed by atoms with E-state index in [1.54, 1.807) is 19.2 Å². The maximum atomic E-state index is 14.0. The average molecular weight is 638 g/mol. The Morgan fingerprint density at radius 2 is 1.91 bits per heavy atom. The van der Waals surface area contributed by atoms with Gasteiger partial charge < -0.3 is 15.2 Å². The molecule has 45 heavy (non-hydrogen) atoms. The zero-order valence-corrected chi connectivity index (χ0v) is 24.1. The Morgan fingerprint density at radius 3 is 2.53 bits per heavy atom. The lowest BCUT2D eigenvalue weighted by Gasteiger charge is -2.33. The Hall–Kier alpha value is -4.51. The quantitative estimate of drug-likeness (QED) is 0.273. The standard InChI is InChI=1S/C27H28F5N9O4/c1-13-21(40-45-38-13)23(42)37-22(16-3-5-26(28,29)6-4-16)17-12-41-19(35-17)7-15(11-33-41)8-25(10-20-34-14(2)39-44-20)9-18(27(30,31)32)36-24(25)43/h7,11-12,16,18,22H,3-6,8-10H2,1-2H3,(H,36,43)(H,37,42)/t18-,22-,25-/m0/s1. The molecule has 6 rings (SSSR count). The van der Waals surface area contributed by atoms with E-state index in [9.17, 15) is 31.5 Å². The molecule has 2 amide bonds. The van der Waals surface area contributed by atoms with Crippen molar-refractivity contribution in [1.29, 1.82) is 0 Å². The molecule has 2 aliphatic rings. The average Bonchev–Trinajstić information content (AvgIpc) is 3.75. The number of imidazole rings is 1. The Balaban J connectivity index is 1.31. The molecule has 1 aliphatic carbocycles. The molecule has 1 saturated carbocycles. The molecule has 0 aromatic carbocycles. The second-order valence-electron chi connectivity index (χ2n) is 11.8. The number of aryl methyl sites for hydroxylation is 2. The molecule has 4 aromatic heterocycles. The van der Waals surface area contributed by atoms with Crippen molar-refractivity contribution < 1.29 is 40.7 Å². The first-order chi connectivity index (χ1) is 21.2. The predicted molar refractivity (Wildman–Crippen MR) is 141 cm³/mol. The van der Waals surface area contributed by atoms with Crippen molar-refractivity contribution in [2.75, 3.05) is 0 Å². The van der Waals surface area contributed by atoms with Crippen molar-refractivity contribution in [2.45, 2.75) is 83.0 Å². The first-order valence-electron chi connectivity index (χ1n) is 14.2. The number of hydrogen-bond acceptors (Lipinski definition) is 10. The van der Waals surface area contributed by atoms with Crippen molar-refractivity contribution in [1.82, 2.24) is 45.7 Å². The molecule has 5 heterocycles. The van der Waals surface area contributed by atoms with Crippen LogP contribution in [0.15, 0.2) is 27.6 Å². The number of aromatic nitrogens is 7. The second kappa shape index (κ2) is 11.1. The van der Waals surface area contributed by atoms with Crippen LogP contribution >= 0.6 is 0 Å². The summed E-state index contributed by atoms with van der Waals surface area (Å²) in [6.07, 6.45) is -3.11. The number of carbonyl (C=O) groups is 2. The molecule has 18 heteroatoms. The molecule has 2 N–H and O–H groups in total. The number of rotatable bonds is 8. The highest BCUT2D eigenvalue weighted by Gasteiger charge is 2.56. The molecular weight excluding hydrogens is 609 g/mol. The van der Waals surface area contributed by atoms with Crippen LogP contribution in [0.4, 0.5) is 22.0 Å². The van der Waals surface area contributed by atoms with E-state index in [-0.39, 0.29) is 73.2 Å². The van der Waals surface area contributed by atoms with E-state index in [0.717, 1.165) is 0 Å². The topological polar surface area (TPSA) is 166 Å². The number of fused-ring (bicyclic) bond motifs is 1. The minimum Gasteiger partial charge on any atom is -0.344 e. The lowest BCUT2D eigenvalue weighted by Crippen LogP contribution is -2.39. The monoisotopic (exact) mass is 637 g/mol. The van der Waals surface area contributed by atoms with Gasteiger partial charge in [0, 0.05) is 19.3 Å². The molecule has 0 spiro atoms. The third kappa shape index (κ3) is 6.22. The van der Waals surface area contributed by atoms with Crippen molar-refractivity contribution in [3.63, 3.8) is 0 Å². The van der Waals surface area contributed by atoms with Crippen LogP contribution in [0, 0.1) is 25.2 Å². The Kier molecular flexibility index (Phi) is 7.55. The number of nitrogens with zero attached hydrogens (tertiary/aromatic N) is 7. The Morgan fingerprint density at radius 1 is 1.16 bits per heavy atom. The van der Waals surface area contributed by atoms with Crippen LogP contribution < -0.4 is 10.6 Å².